The molecule has 1 saturated heterocycles. The zero-order valence-corrected chi connectivity index (χ0v) is 8.23. The second-order valence-corrected chi connectivity index (χ2v) is 6.54. The predicted octanol–water partition coefficient (Wildman–Crippen LogP) is 2.27. The van der Waals surface area contributed by atoms with E-state index in [0.717, 1.165) is 6.42 Å². The quantitative estimate of drug-likeness (QED) is 0.575. The first-order valence-electron chi connectivity index (χ1n) is 3.66. The van der Waals surface area contributed by atoms with E-state index in [0.29, 0.717) is 10.8 Å². The minimum atomic E-state index is 0.389. The fourth-order valence-corrected chi connectivity index (χ4v) is 3.95. The Morgan fingerprint density at radius 3 is 2.90 bits per heavy atom. The Morgan fingerprint density at radius 2 is 2.20 bits per heavy atom. The van der Waals surface area contributed by atoms with Crippen LogP contribution in [0.4, 0.5) is 0 Å². The van der Waals surface area contributed by atoms with Crippen molar-refractivity contribution in [1.29, 1.82) is 0 Å². The molecule has 0 aromatic carbocycles. The third-order valence-corrected chi connectivity index (χ3v) is 4.96. The molecule has 0 aromatic rings. The van der Waals surface area contributed by atoms with Gasteiger partial charge in [0.1, 0.15) is 0 Å². The van der Waals surface area contributed by atoms with Crippen LogP contribution < -0.4 is 5.73 Å². The molecule has 0 radical (unpaired) electrons. The summed E-state index contributed by atoms with van der Waals surface area (Å²) in [5.41, 5.74) is 5.88. The van der Waals surface area contributed by atoms with E-state index in [4.69, 9.17) is 5.73 Å². The van der Waals surface area contributed by atoms with Crippen molar-refractivity contribution in [3.05, 3.63) is 0 Å². The first kappa shape index (κ1) is 8.75. The molecule has 3 heteroatoms. The van der Waals surface area contributed by atoms with Crippen molar-refractivity contribution >= 4 is 21.6 Å². The molecule has 10 heavy (non-hydrogen) atoms. The fraction of sp³-hybridized carbons (Fsp3) is 1.00. The first-order valence-corrected chi connectivity index (χ1v) is 5.98. The Morgan fingerprint density at radius 1 is 1.50 bits per heavy atom. The molecule has 0 spiro atoms. The number of nitrogens with two attached hydrogens (primary N) is 1. The standard InChI is InChI=1S/C7H15NS2/c1-7(2)5-6(8)3-4-9-10-7/h6H,3-5,8H2,1-2H3. The minimum absolute atomic E-state index is 0.389. The smallest absolute Gasteiger partial charge is 0.0222 e. The molecule has 1 rings (SSSR count). The van der Waals surface area contributed by atoms with Gasteiger partial charge in [0.25, 0.3) is 0 Å². The van der Waals surface area contributed by atoms with Gasteiger partial charge in [0.05, 0.1) is 0 Å². The highest BCUT2D eigenvalue weighted by atomic mass is 33.1. The van der Waals surface area contributed by atoms with Crippen molar-refractivity contribution < 1.29 is 0 Å². The second kappa shape index (κ2) is 3.37. The van der Waals surface area contributed by atoms with Crippen LogP contribution in [-0.2, 0) is 0 Å². The Balaban J connectivity index is 2.46. The summed E-state index contributed by atoms with van der Waals surface area (Å²) >= 11 is 0. The molecule has 1 heterocycles. The van der Waals surface area contributed by atoms with Gasteiger partial charge in [0, 0.05) is 16.5 Å². The third-order valence-electron chi connectivity index (χ3n) is 1.61. The average molecular weight is 177 g/mol. The van der Waals surface area contributed by atoms with Crippen LogP contribution in [-0.4, -0.2) is 16.5 Å². The van der Waals surface area contributed by atoms with Gasteiger partial charge >= 0.3 is 0 Å². The highest BCUT2D eigenvalue weighted by Gasteiger charge is 2.25. The van der Waals surface area contributed by atoms with Gasteiger partial charge in [0.2, 0.25) is 0 Å². The molecule has 0 aliphatic carbocycles. The van der Waals surface area contributed by atoms with Gasteiger partial charge in [-0.05, 0) is 26.7 Å². The zero-order valence-electron chi connectivity index (χ0n) is 6.59. The molecule has 2 N–H and O–H groups in total. The molecule has 1 unspecified atom stereocenters. The van der Waals surface area contributed by atoms with E-state index in [2.05, 4.69) is 13.8 Å². The van der Waals surface area contributed by atoms with E-state index in [9.17, 15) is 0 Å². The van der Waals surface area contributed by atoms with Crippen LogP contribution in [0.15, 0.2) is 0 Å². The zero-order chi connectivity index (χ0) is 7.61. The molecule has 60 valence electrons. The van der Waals surface area contributed by atoms with Gasteiger partial charge < -0.3 is 5.73 Å². The van der Waals surface area contributed by atoms with Gasteiger partial charge in [-0.15, -0.1) is 0 Å². The number of hydrogen-bond donors (Lipinski definition) is 1. The fourth-order valence-electron chi connectivity index (χ4n) is 1.17. The largest absolute Gasteiger partial charge is 0.328 e. The SMILES string of the molecule is CC1(C)CC(N)CCSS1. The summed E-state index contributed by atoms with van der Waals surface area (Å²) in [6, 6.07) is 0.428. The van der Waals surface area contributed by atoms with Gasteiger partial charge in [-0.25, -0.2) is 0 Å². The van der Waals surface area contributed by atoms with Crippen molar-refractivity contribution in [1.82, 2.24) is 0 Å². The molecule has 0 saturated carbocycles. The summed E-state index contributed by atoms with van der Waals surface area (Å²) in [4.78, 5) is 0. The summed E-state index contributed by atoms with van der Waals surface area (Å²) in [6.07, 6.45) is 2.34. The lowest BCUT2D eigenvalue weighted by Crippen LogP contribution is -2.28. The molecule has 0 amide bonds. The normalized spacial score (nSPS) is 33.3. The predicted molar refractivity (Wildman–Crippen MR) is 51.3 cm³/mol. The molecule has 1 fully saturated rings. The monoisotopic (exact) mass is 177 g/mol. The van der Waals surface area contributed by atoms with E-state index in [1.807, 2.05) is 21.6 Å². The van der Waals surface area contributed by atoms with Crippen LogP contribution in [0.3, 0.4) is 0 Å². The van der Waals surface area contributed by atoms with Gasteiger partial charge in [-0.1, -0.05) is 21.6 Å². The Kier molecular flexibility index (Phi) is 2.95. The van der Waals surface area contributed by atoms with Gasteiger partial charge in [-0.2, -0.15) is 0 Å². The maximum atomic E-state index is 5.88. The van der Waals surface area contributed by atoms with E-state index in [1.165, 1.54) is 12.2 Å². The molecule has 1 aliphatic rings. The van der Waals surface area contributed by atoms with Crippen molar-refractivity contribution in [2.24, 2.45) is 5.73 Å². The van der Waals surface area contributed by atoms with Crippen LogP contribution in [0.25, 0.3) is 0 Å². The van der Waals surface area contributed by atoms with Crippen LogP contribution in [0.1, 0.15) is 26.7 Å². The van der Waals surface area contributed by atoms with Crippen LogP contribution in [0.2, 0.25) is 0 Å². The van der Waals surface area contributed by atoms with Gasteiger partial charge in [0.15, 0.2) is 0 Å². The Labute approximate surface area is 70.9 Å². The Bertz CT molecular complexity index is 114. The van der Waals surface area contributed by atoms with E-state index in [-0.39, 0.29) is 0 Å². The van der Waals surface area contributed by atoms with Crippen LogP contribution in [0.5, 0.6) is 0 Å². The average Bonchev–Trinajstić information content (AvgIpc) is 1.90. The van der Waals surface area contributed by atoms with Crippen molar-refractivity contribution in [3.63, 3.8) is 0 Å². The summed E-state index contributed by atoms with van der Waals surface area (Å²) in [6.45, 7) is 4.55. The molecule has 1 aliphatic heterocycles. The van der Waals surface area contributed by atoms with E-state index in [1.54, 1.807) is 0 Å². The lowest BCUT2D eigenvalue weighted by Gasteiger charge is -2.22. The first-order chi connectivity index (χ1) is 4.60. The number of hydrogen-bond acceptors (Lipinski definition) is 3. The Hall–Kier alpha value is 0.660. The highest BCUT2D eigenvalue weighted by Crippen LogP contribution is 2.41. The van der Waals surface area contributed by atoms with Crippen molar-refractivity contribution in [2.45, 2.75) is 37.5 Å². The van der Waals surface area contributed by atoms with Crippen LogP contribution in [0, 0.1) is 0 Å². The molecular weight excluding hydrogens is 162 g/mol. The lowest BCUT2D eigenvalue weighted by atomic mass is 10.0. The van der Waals surface area contributed by atoms with E-state index < -0.39 is 0 Å². The van der Waals surface area contributed by atoms with Crippen molar-refractivity contribution in [3.8, 4) is 0 Å². The molecule has 0 aromatic heterocycles. The molecular formula is C7H15NS2. The summed E-state index contributed by atoms with van der Waals surface area (Å²) in [5, 5.41) is 0. The third kappa shape index (κ3) is 2.72. The van der Waals surface area contributed by atoms with E-state index >= 15 is 0 Å². The maximum Gasteiger partial charge on any atom is 0.0222 e. The molecule has 1 atom stereocenters. The summed E-state index contributed by atoms with van der Waals surface area (Å²) in [5.74, 6) is 1.22. The molecule has 1 nitrogen and oxygen atoms in total. The van der Waals surface area contributed by atoms with Crippen LogP contribution >= 0.6 is 21.6 Å². The van der Waals surface area contributed by atoms with Gasteiger partial charge in [-0.3, -0.25) is 0 Å². The summed E-state index contributed by atoms with van der Waals surface area (Å²) < 4.78 is 0.389. The minimum Gasteiger partial charge on any atom is -0.328 e. The number of rotatable bonds is 0. The summed E-state index contributed by atoms with van der Waals surface area (Å²) in [7, 11) is 3.94. The second-order valence-electron chi connectivity index (χ2n) is 3.42. The topological polar surface area (TPSA) is 26.0 Å². The maximum absolute atomic E-state index is 5.88. The molecule has 0 bridgehead atoms. The highest BCUT2D eigenvalue weighted by molar-refractivity contribution is 8.77. The van der Waals surface area contributed by atoms with Crippen molar-refractivity contribution in [2.75, 3.05) is 5.75 Å². The lowest BCUT2D eigenvalue weighted by molar-refractivity contribution is 0.526.